The molecule has 0 spiro atoms. The Bertz CT molecular complexity index is 834. The molecule has 1 aromatic heterocycles. The molecule has 8 heteroatoms. The first-order valence-corrected chi connectivity index (χ1v) is 7.67. The molecule has 0 fully saturated rings. The van der Waals surface area contributed by atoms with Crippen molar-refractivity contribution in [1.82, 2.24) is 4.57 Å². The Labute approximate surface area is 136 Å². The lowest BCUT2D eigenvalue weighted by Gasteiger charge is -2.04. The minimum absolute atomic E-state index is 0.0656. The highest BCUT2D eigenvalue weighted by atomic mass is 32.1. The highest BCUT2D eigenvalue weighted by molar-refractivity contribution is 7.16. The molecule has 1 aromatic carbocycles. The molecule has 0 saturated carbocycles. The number of carbonyl (C=O) groups is 3. The number of hydrogen-bond donors (Lipinski definition) is 0. The minimum atomic E-state index is -0.456. The zero-order chi connectivity index (χ0) is 17.0. The highest BCUT2D eigenvalue weighted by Gasteiger charge is 2.14. The second kappa shape index (κ2) is 7.19. The van der Waals surface area contributed by atoms with Crippen molar-refractivity contribution in [3.05, 3.63) is 28.6 Å². The number of fused-ring (bicyclic) bond motifs is 1. The summed E-state index contributed by atoms with van der Waals surface area (Å²) in [6.07, 6.45) is 0.264. The molecule has 1 amide bonds. The number of benzene rings is 1. The van der Waals surface area contributed by atoms with Crippen LogP contribution in [0.25, 0.3) is 10.2 Å². The Morgan fingerprint density at radius 2 is 1.96 bits per heavy atom. The van der Waals surface area contributed by atoms with E-state index in [0.717, 1.165) is 4.70 Å². The molecule has 0 bridgehead atoms. The third-order valence-electron chi connectivity index (χ3n) is 3.14. The molecule has 0 unspecified atom stereocenters. The first-order valence-electron chi connectivity index (χ1n) is 6.86. The van der Waals surface area contributed by atoms with Crippen molar-refractivity contribution >= 4 is 39.4 Å². The van der Waals surface area contributed by atoms with Gasteiger partial charge in [-0.2, -0.15) is 4.99 Å². The number of ether oxygens (including phenoxy) is 2. The Morgan fingerprint density at radius 1 is 1.22 bits per heavy atom. The molecule has 0 aliphatic rings. The number of carbonyl (C=O) groups excluding carboxylic acids is 3. The molecule has 0 aliphatic carbocycles. The van der Waals surface area contributed by atoms with Crippen molar-refractivity contribution in [1.29, 1.82) is 0 Å². The van der Waals surface area contributed by atoms with Gasteiger partial charge in [-0.1, -0.05) is 18.3 Å². The number of methoxy groups -OCH3 is 2. The highest BCUT2D eigenvalue weighted by Crippen LogP contribution is 2.20. The van der Waals surface area contributed by atoms with Gasteiger partial charge in [0, 0.05) is 6.42 Å². The van der Waals surface area contributed by atoms with Gasteiger partial charge in [0.05, 0.1) is 30.0 Å². The molecule has 2 aromatic rings. The van der Waals surface area contributed by atoms with Gasteiger partial charge in [-0.15, -0.1) is 0 Å². The zero-order valence-corrected chi connectivity index (χ0v) is 13.8. The monoisotopic (exact) mass is 336 g/mol. The fraction of sp³-hybridized carbons (Fsp3) is 0.333. The summed E-state index contributed by atoms with van der Waals surface area (Å²) in [6, 6.07) is 4.94. The van der Waals surface area contributed by atoms with E-state index in [0.29, 0.717) is 15.9 Å². The van der Waals surface area contributed by atoms with Crippen LogP contribution in [0.15, 0.2) is 23.2 Å². The summed E-state index contributed by atoms with van der Waals surface area (Å²) in [7, 11) is 2.60. The topological polar surface area (TPSA) is 87.0 Å². The van der Waals surface area contributed by atoms with E-state index in [4.69, 9.17) is 4.74 Å². The lowest BCUT2D eigenvalue weighted by atomic mass is 10.2. The zero-order valence-electron chi connectivity index (χ0n) is 13.0. The third-order valence-corrected chi connectivity index (χ3v) is 4.18. The Kier molecular flexibility index (Phi) is 5.28. The molecule has 7 nitrogen and oxygen atoms in total. The minimum Gasteiger partial charge on any atom is -0.468 e. The van der Waals surface area contributed by atoms with Gasteiger partial charge in [0.2, 0.25) is 5.91 Å². The van der Waals surface area contributed by atoms with Gasteiger partial charge in [0.25, 0.3) is 0 Å². The second-order valence-electron chi connectivity index (χ2n) is 4.58. The number of rotatable bonds is 4. The molecule has 122 valence electrons. The van der Waals surface area contributed by atoms with Crippen LogP contribution < -0.4 is 4.80 Å². The molecule has 0 saturated heterocycles. The summed E-state index contributed by atoms with van der Waals surface area (Å²) < 4.78 is 11.7. The normalized spacial score (nSPS) is 11.5. The lowest BCUT2D eigenvalue weighted by Crippen LogP contribution is -2.22. The largest absolute Gasteiger partial charge is 0.468 e. The molecule has 0 radical (unpaired) electrons. The van der Waals surface area contributed by atoms with Crippen LogP contribution in [-0.4, -0.2) is 36.6 Å². The van der Waals surface area contributed by atoms with E-state index >= 15 is 0 Å². The van der Waals surface area contributed by atoms with E-state index < -0.39 is 11.9 Å². The first kappa shape index (κ1) is 16.9. The van der Waals surface area contributed by atoms with Gasteiger partial charge in [-0.3, -0.25) is 9.59 Å². The van der Waals surface area contributed by atoms with Crippen LogP contribution in [0.1, 0.15) is 23.7 Å². The molecule has 23 heavy (non-hydrogen) atoms. The van der Waals surface area contributed by atoms with Crippen LogP contribution in [0.3, 0.4) is 0 Å². The molecule has 1 heterocycles. The van der Waals surface area contributed by atoms with Crippen molar-refractivity contribution in [3.63, 3.8) is 0 Å². The molecular weight excluding hydrogens is 320 g/mol. The van der Waals surface area contributed by atoms with E-state index in [-0.39, 0.29) is 18.9 Å². The summed E-state index contributed by atoms with van der Waals surface area (Å²) >= 11 is 1.22. The number of aromatic nitrogens is 1. The van der Waals surface area contributed by atoms with Crippen LogP contribution in [-0.2, 0) is 25.6 Å². The standard InChI is InChI=1S/C15H16N2O5S/c1-4-12(18)16-15-17(8-13(19)21-2)10-6-5-9(14(20)22-3)7-11(10)23-15/h5-7H,4,8H2,1-3H3. The number of thiazole rings is 1. The smallest absolute Gasteiger partial charge is 0.337 e. The summed E-state index contributed by atoms with van der Waals surface area (Å²) in [5, 5.41) is 0. The molecule has 0 aliphatic heterocycles. The van der Waals surface area contributed by atoms with Crippen LogP contribution in [0.4, 0.5) is 0 Å². The summed E-state index contributed by atoms with van der Waals surface area (Å²) in [5.41, 5.74) is 1.08. The average molecular weight is 336 g/mol. The average Bonchev–Trinajstić information content (AvgIpc) is 2.90. The maximum absolute atomic E-state index is 11.6. The van der Waals surface area contributed by atoms with Gasteiger partial charge < -0.3 is 14.0 Å². The van der Waals surface area contributed by atoms with Crippen LogP contribution in [0.2, 0.25) is 0 Å². The van der Waals surface area contributed by atoms with Gasteiger partial charge in [-0.05, 0) is 18.2 Å². The van der Waals surface area contributed by atoms with E-state index in [1.807, 2.05) is 0 Å². The fourth-order valence-corrected chi connectivity index (χ4v) is 3.02. The van der Waals surface area contributed by atoms with Crippen molar-refractivity contribution in [2.45, 2.75) is 19.9 Å². The number of amides is 1. The van der Waals surface area contributed by atoms with Gasteiger partial charge >= 0.3 is 11.9 Å². The van der Waals surface area contributed by atoms with Crippen molar-refractivity contribution in [2.75, 3.05) is 14.2 Å². The van der Waals surface area contributed by atoms with Gasteiger partial charge in [0.15, 0.2) is 4.80 Å². The van der Waals surface area contributed by atoms with E-state index in [1.165, 1.54) is 25.6 Å². The van der Waals surface area contributed by atoms with Crippen molar-refractivity contribution < 1.29 is 23.9 Å². The molecular formula is C15H16N2O5S. The van der Waals surface area contributed by atoms with Crippen molar-refractivity contribution in [3.8, 4) is 0 Å². The lowest BCUT2D eigenvalue weighted by molar-refractivity contribution is -0.141. The fourth-order valence-electron chi connectivity index (χ4n) is 1.94. The predicted octanol–water partition coefficient (Wildman–Crippen LogP) is 1.50. The van der Waals surface area contributed by atoms with Crippen molar-refractivity contribution in [2.24, 2.45) is 4.99 Å². The van der Waals surface area contributed by atoms with E-state index in [9.17, 15) is 14.4 Å². The van der Waals surface area contributed by atoms with Crippen LogP contribution in [0.5, 0.6) is 0 Å². The first-order chi connectivity index (χ1) is 11.0. The van der Waals surface area contributed by atoms with Gasteiger partial charge in [-0.25, -0.2) is 4.79 Å². The number of esters is 2. The summed E-state index contributed by atoms with van der Waals surface area (Å²) in [5.74, 6) is -1.20. The van der Waals surface area contributed by atoms with Crippen LogP contribution >= 0.6 is 11.3 Å². The molecule has 2 rings (SSSR count). The third kappa shape index (κ3) is 3.65. The number of hydrogen-bond acceptors (Lipinski definition) is 6. The summed E-state index contributed by atoms with van der Waals surface area (Å²) in [4.78, 5) is 39.3. The maximum atomic E-state index is 11.6. The van der Waals surface area contributed by atoms with Gasteiger partial charge in [0.1, 0.15) is 6.54 Å². The summed E-state index contributed by atoms with van der Waals surface area (Å²) in [6.45, 7) is 1.64. The Hall–Kier alpha value is -2.48. The second-order valence-corrected chi connectivity index (χ2v) is 5.59. The SMILES string of the molecule is CCC(=O)N=c1sc2cc(C(=O)OC)ccc2n1CC(=O)OC. The Morgan fingerprint density at radius 3 is 2.57 bits per heavy atom. The maximum Gasteiger partial charge on any atom is 0.337 e. The van der Waals surface area contributed by atoms with E-state index in [2.05, 4.69) is 9.73 Å². The Balaban J connectivity index is 2.65. The number of nitrogens with zero attached hydrogens (tertiary/aromatic N) is 2. The molecule has 0 N–H and O–H groups in total. The predicted molar refractivity (Wildman–Crippen MR) is 84.0 cm³/mol. The van der Waals surface area contributed by atoms with E-state index in [1.54, 1.807) is 29.7 Å². The molecule has 0 atom stereocenters. The van der Waals surface area contributed by atoms with Crippen LogP contribution in [0, 0.1) is 0 Å². The quantitative estimate of drug-likeness (QED) is 0.790.